The summed E-state index contributed by atoms with van der Waals surface area (Å²) in [5.74, 6) is 0.380. The number of tetrazole rings is 1. The van der Waals surface area contributed by atoms with Crippen molar-refractivity contribution in [3.8, 4) is 0 Å². The van der Waals surface area contributed by atoms with E-state index in [0.717, 1.165) is 4.68 Å². The number of nitrogens with zero attached hydrogens (tertiary/aromatic N) is 4. The van der Waals surface area contributed by atoms with Crippen LogP contribution in [0.4, 0.5) is 13.2 Å². The van der Waals surface area contributed by atoms with Crippen molar-refractivity contribution in [1.29, 1.82) is 0 Å². The number of hydrogen-bond acceptors (Lipinski definition) is 5. The highest BCUT2D eigenvalue weighted by Gasteiger charge is 2.27. The first-order valence-corrected chi connectivity index (χ1v) is 5.04. The van der Waals surface area contributed by atoms with Crippen LogP contribution in [0.25, 0.3) is 0 Å². The van der Waals surface area contributed by atoms with Crippen molar-refractivity contribution in [3.05, 3.63) is 5.82 Å². The van der Waals surface area contributed by atoms with Crippen molar-refractivity contribution >= 4 is 0 Å². The molecule has 0 radical (unpaired) electrons. The van der Waals surface area contributed by atoms with Crippen LogP contribution in [0.2, 0.25) is 0 Å². The van der Waals surface area contributed by atoms with Crippen molar-refractivity contribution in [2.45, 2.75) is 25.7 Å². The SMILES string of the molecule is COCCNCc1nnnn1CCC(F)(F)F. The zero-order valence-corrected chi connectivity index (χ0v) is 9.37. The summed E-state index contributed by atoms with van der Waals surface area (Å²) in [5, 5.41) is 13.5. The van der Waals surface area contributed by atoms with Crippen LogP contribution in [0.15, 0.2) is 0 Å². The van der Waals surface area contributed by atoms with E-state index in [1.54, 1.807) is 7.11 Å². The van der Waals surface area contributed by atoms with Crippen LogP contribution in [0.3, 0.4) is 0 Å². The lowest BCUT2D eigenvalue weighted by Gasteiger charge is -2.07. The molecule has 1 heterocycles. The second kappa shape index (κ2) is 6.50. The molecule has 1 N–H and O–H groups in total. The van der Waals surface area contributed by atoms with Crippen LogP contribution in [0.5, 0.6) is 0 Å². The molecule has 0 saturated carbocycles. The summed E-state index contributed by atoms with van der Waals surface area (Å²) in [6.45, 7) is 1.15. The first-order chi connectivity index (χ1) is 8.03. The zero-order valence-electron chi connectivity index (χ0n) is 9.37. The Morgan fingerprint density at radius 3 is 2.82 bits per heavy atom. The fourth-order valence-corrected chi connectivity index (χ4v) is 1.13. The third kappa shape index (κ3) is 5.59. The maximum atomic E-state index is 12.0. The molecule has 0 aliphatic rings. The van der Waals surface area contributed by atoms with Gasteiger partial charge in [-0.25, -0.2) is 4.68 Å². The minimum Gasteiger partial charge on any atom is -0.383 e. The number of aromatic nitrogens is 4. The zero-order chi connectivity index (χ0) is 12.7. The Bertz CT molecular complexity index is 327. The van der Waals surface area contributed by atoms with Crippen molar-refractivity contribution in [3.63, 3.8) is 0 Å². The Morgan fingerprint density at radius 2 is 2.18 bits per heavy atom. The first kappa shape index (κ1) is 13.8. The predicted octanol–water partition coefficient (Wildman–Crippen LogP) is 0.361. The number of aryl methyl sites for hydroxylation is 1. The molecule has 0 atom stereocenters. The molecule has 0 unspecified atom stereocenters. The minimum atomic E-state index is -4.20. The molecule has 0 saturated heterocycles. The maximum absolute atomic E-state index is 12.0. The molecule has 0 fully saturated rings. The molecule has 0 bridgehead atoms. The van der Waals surface area contributed by atoms with Gasteiger partial charge in [-0.15, -0.1) is 5.10 Å². The van der Waals surface area contributed by atoms with Gasteiger partial charge in [-0.05, 0) is 10.4 Å². The Balaban J connectivity index is 2.37. The van der Waals surface area contributed by atoms with E-state index in [9.17, 15) is 13.2 Å². The molecule has 1 rings (SSSR count). The normalized spacial score (nSPS) is 12.0. The van der Waals surface area contributed by atoms with Gasteiger partial charge < -0.3 is 10.1 Å². The second-order valence-corrected chi connectivity index (χ2v) is 3.35. The highest BCUT2D eigenvalue weighted by Crippen LogP contribution is 2.20. The van der Waals surface area contributed by atoms with Crippen molar-refractivity contribution < 1.29 is 17.9 Å². The molecule has 98 valence electrons. The van der Waals surface area contributed by atoms with E-state index in [0.29, 0.717) is 25.5 Å². The number of rotatable bonds is 7. The van der Waals surface area contributed by atoms with Crippen LogP contribution in [-0.2, 0) is 17.8 Å². The average molecular weight is 253 g/mol. The standard InChI is InChI=1S/C8H14F3N5O/c1-17-5-3-12-6-7-13-14-15-16(7)4-2-8(9,10)11/h12H,2-6H2,1H3. The van der Waals surface area contributed by atoms with E-state index in [-0.39, 0.29) is 6.54 Å². The molecule has 9 heteroatoms. The number of methoxy groups -OCH3 is 1. The van der Waals surface area contributed by atoms with Gasteiger partial charge in [0.15, 0.2) is 5.82 Å². The highest BCUT2D eigenvalue weighted by molar-refractivity contribution is 4.79. The highest BCUT2D eigenvalue weighted by atomic mass is 19.4. The lowest BCUT2D eigenvalue weighted by Crippen LogP contribution is -2.22. The molecule has 1 aromatic heterocycles. The fraction of sp³-hybridized carbons (Fsp3) is 0.875. The molecule has 17 heavy (non-hydrogen) atoms. The van der Waals surface area contributed by atoms with Gasteiger partial charge >= 0.3 is 6.18 Å². The molecule has 1 aromatic rings. The fourth-order valence-electron chi connectivity index (χ4n) is 1.13. The van der Waals surface area contributed by atoms with Crippen molar-refractivity contribution in [2.75, 3.05) is 20.3 Å². The number of alkyl halides is 3. The summed E-state index contributed by atoms with van der Waals surface area (Å²) in [4.78, 5) is 0. The van der Waals surface area contributed by atoms with Gasteiger partial charge in [0.25, 0.3) is 0 Å². The topological polar surface area (TPSA) is 64.9 Å². The Hall–Kier alpha value is -1.22. The number of nitrogens with one attached hydrogen (secondary N) is 1. The Kier molecular flexibility index (Phi) is 5.29. The van der Waals surface area contributed by atoms with Gasteiger partial charge in [0.1, 0.15) is 0 Å². The summed E-state index contributed by atoms with van der Waals surface area (Å²) in [6, 6.07) is 0. The van der Waals surface area contributed by atoms with E-state index >= 15 is 0 Å². The summed E-state index contributed by atoms with van der Waals surface area (Å²) in [7, 11) is 1.56. The van der Waals surface area contributed by atoms with E-state index in [2.05, 4.69) is 20.8 Å². The third-order valence-corrected chi connectivity index (χ3v) is 1.98. The maximum Gasteiger partial charge on any atom is 0.390 e. The summed E-state index contributed by atoms with van der Waals surface area (Å²) in [6.07, 6.45) is -5.14. The van der Waals surface area contributed by atoms with Gasteiger partial charge in [-0.3, -0.25) is 0 Å². The number of ether oxygens (including phenoxy) is 1. The lowest BCUT2D eigenvalue weighted by molar-refractivity contribution is -0.137. The monoisotopic (exact) mass is 253 g/mol. The predicted molar refractivity (Wildman–Crippen MR) is 52.1 cm³/mol. The molecule has 0 amide bonds. The van der Waals surface area contributed by atoms with Crippen LogP contribution >= 0.6 is 0 Å². The first-order valence-electron chi connectivity index (χ1n) is 5.04. The Morgan fingerprint density at radius 1 is 1.41 bits per heavy atom. The van der Waals surface area contributed by atoms with E-state index < -0.39 is 12.6 Å². The quantitative estimate of drug-likeness (QED) is 0.711. The molecule has 0 aliphatic heterocycles. The molecular formula is C8H14F3N5O. The van der Waals surface area contributed by atoms with Crippen molar-refractivity contribution in [2.24, 2.45) is 0 Å². The summed E-state index contributed by atoms with van der Waals surface area (Å²) < 4.78 is 42.0. The van der Waals surface area contributed by atoms with Gasteiger partial charge in [-0.2, -0.15) is 13.2 Å². The number of hydrogen-bond donors (Lipinski definition) is 1. The molecule has 6 nitrogen and oxygen atoms in total. The molecular weight excluding hydrogens is 239 g/mol. The lowest BCUT2D eigenvalue weighted by atomic mass is 10.4. The molecule has 0 aliphatic carbocycles. The largest absolute Gasteiger partial charge is 0.390 e. The van der Waals surface area contributed by atoms with E-state index in [4.69, 9.17) is 4.74 Å². The number of halogens is 3. The minimum absolute atomic E-state index is 0.266. The molecule has 0 spiro atoms. The smallest absolute Gasteiger partial charge is 0.383 e. The van der Waals surface area contributed by atoms with Crippen LogP contribution in [-0.4, -0.2) is 46.6 Å². The van der Waals surface area contributed by atoms with Gasteiger partial charge in [-0.1, -0.05) is 0 Å². The van der Waals surface area contributed by atoms with Crippen molar-refractivity contribution in [1.82, 2.24) is 25.5 Å². The van der Waals surface area contributed by atoms with Crippen LogP contribution in [0.1, 0.15) is 12.2 Å². The van der Waals surface area contributed by atoms with Gasteiger partial charge in [0.05, 0.1) is 26.1 Å². The third-order valence-electron chi connectivity index (χ3n) is 1.98. The summed E-state index contributed by atoms with van der Waals surface area (Å²) in [5.41, 5.74) is 0. The summed E-state index contributed by atoms with van der Waals surface area (Å²) >= 11 is 0. The van der Waals surface area contributed by atoms with E-state index in [1.165, 1.54) is 0 Å². The van der Waals surface area contributed by atoms with Crippen LogP contribution in [0, 0.1) is 0 Å². The van der Waals surface area contributed by atoms with Gasteiger partial charge in [0, 0.05) is 13.7 Å². The van der Waals surface area contributed by atoms with Crippen LogP contribution < -0.4 is 5.32 Å². The molecule has 0 aromatic carbocycles. The van der Waals surface area contributed by atoms with E-state index in [1.807, 2.05) is 0 Å². The average Bonchev–Trinajstić information content (AvgIpc) is 2.68. The Labute approximate surface area is 96.1 Å². The van der Waals surface area contributed by atoms with Gasteiger partial charge in [0.2, 0.25) is 0 Å². The second-order valence-electron chi connectivity index (χ2n) is 3.35.